The molecule has 1 fully saturated rings. The van der Waals surface area contributed by atoms with E-state index in [-0.39, 0.29) is 11.7 Å². The fraction of sp³-hybridized carbons (Fsp3) is 0.263. The Morgan fingerprint density at radius 3 is 2.45 bits per heavy atom. The summed E-state index contributed by atoms with van der Waals surface area (Å²) < 4.78 is 24.3. The number of hydrogen-bond donors (Lipinski definition) is 3. The van der Waals surface area contributed by atoms with E-state index in [1.165, 1.54) is 0 Å². The van der Waals surface area contributed by atoms with Crippen molar-refractivity contribution in [1.29, 1.82) is 0 Å². The Morgan fingerprint density at radius 1 is 1.14 bits per heavy atom. The summed E-state index contributed by atoms with van der Waals surface area (Å²) >= 11 is 10.9. The van der Waals surface area contributed by atoms with Gasteiger partial charge in [-0.3, -0.25) is 29.8 Å². The van der Waals surface area contributed by atoms with Gasteiger partial charge in [0.15, 0.2) is 5.11 Å². The minimum Gasteiger partial charge on any atom is -0.292 e. The molecule has 1 aliphatic rings. The molecular formula is C19H21ClN3O4PS. The van der Waals surface area contributed by atoms with Gasteiger partial charge in [-0.25, -0.2) is 4.57 Å². The second kappa shape index (κ2) is 8.81. The van der Waals surface area contributed by atoms with E-state index < -0.39 is 25.2 Å². The van der Waals surface area contributed by atoms with Gasteiger partial charge < -0.3 is 0 Å². The molecule has 1 aliphatic heterocycles. The maximum atomic E-state index is 13.1. The highest BCUT2D eigenvalue weighted by molar-refractivity contribution is 7.81. The van der Waals surface area contributed by atoms with Gasteiger partial charge in [0.1, 0.15) is 6.10 Å². The van der Waals surface area contributed by atoms with Crippen molar-refractivity contribution in [2.75, 3.05) is 6.61 Å². The molecule has 10 heteroatoms. The van der Waals surface area contributed by atoms with Crippen LogP contribution in [0.25, 0.3) is 0 Å². The first-order valence-electron chi connectivity index (χ1n) is 8.81. The van der Waals surface area contributed by atoms with Crippen LogP contribution in [0.2, 0.25) is 5.02 Å². The number of amides is 1. The minimum absolute atomic E-state index is 0.0952. The maximum Gasteiger partial charge on any atom is 0.435 e. The Morgan fingerprint density at radius 2 is 1.79 bits per heavy atom. The van der Waals surface area contributed by atoms with Crippen LogP contribution in [0.15, 0.2) is 54.6 Å². The minimum atomic E-state index is -3.73. The van der Waals surface area contributed by atoms with Gasteiger partial charge in [-0.15, -0.1) is 0 Å². The van der Waals surface area contributed by atoms with Crippen LogP contribution in [-0.4, -0.2) is 17.6 Å². The number of hydrogen-bond acceptors (Lipinski definition) is 5. The monoisotopic (exact) mass is 453 g/mol. The van der Waals surface area contributed by atoms with Gasteiger partial charge in [0.25, 0.3) is 5.91 Å². The second-order valence-corrected chi connectivity index (χ2v) is 9.71. The Hall–Kier alpha value is -1.96. The topological polar surface area (TPSA) is 88.7 Å². The molecule has 2 atom stereocenters. The predicted molar refractivity (Wildman–Crippen MR) is 115 cm³/mol. The van der Waals surface area contributed by atoms with E-state index >= 15 is 0 Å². The molecule has 1 heterocycles. The molecule has 2 aromatic rings. The third-order valence-corrected chi connectivity index (χ3v) is 6.36. The predicted octanol–water partition coefficient (Wildman–Crippen LogP) is 4.37. The molecule has 1 saturated heterocycles. The van der Waals surface area contributed by atoms with Gasteiger partial charge in [0, 0.05) is 16.0 Å². The summed E-state index contributed by atoms with van der Waals surface area (Å²) in [5.41, 5.74) is 5.79. The van der Waals surface area contributed by atoms with E-state index in [2.05, 4.69) is 15.9 Å². The lowest BCUT2D eigenvalue weighted by atomic mass is 9.83. The highest BCUT2D eigenvalue weighted by Crippen LogP contribution is 2.58. The number of carbonyl (C=O) groups excluding carboxylic acids is 1. The van der Waals surface area contributed by atoms with E-state index in [1.54, 1.807) is 24.3 Å². The van der Waals surface area contributed by atoms with Crippen LogP contribution in [-0.2, 0) is 13.6 Å². The number of rotatable bonds is 3. The molecule has 0 saturated carbocycles. The van der Waals surface area contributed by atoms with Crippen LogP contribution < -0.4 is 15.9 Å². The zero-order chi connectivity index (χ0) is 21.1. The summed E-state index contributed by atoms with van der Waals surface area (Å²) in [6.07, 6.45) is -0.456. The molecule has 0 aromatic heterocycles. The van der Waals surface area contributed by atoms with Gasteiger partial charge in [0.2, 0.25) is 0 Å². The van der Waals surface area contributed by atoms with Crippen molar-refractivity contribution < 1.29 is 18.4 Å². The van der Waals surface area contributed by atoms with Crippen molar-refractivity contribution in [2.24, 2.45) is 5.41 Å². The average Bonchev–Trinajstić information content (AvgIpc) is 2.69. The molecule has 1 unspecified atom stereocenters. The fourth-order valence-corrected chi connectivity index (χ4v) is 4.96. The highest BCUT2D eigenvalue weighted by Gasteiger charge is 2.45. The first kappa shape index (κ1) is 21.7. The summed E-state index contributed by atoms with van der Waals surface area (Å²) in [4.78, 5) is 12.1. The standard InChI is InChI=1S/C19H21ClN3O4PS/c1-19(2)12-26-28(25,27-16(19)13-6-4-3-5-7-13)23-18(29)22-21-17(24)14-8-10-15(20)11-9-14/h3-11,16H,12H2,1-2H3,(H,21,24)(H2,22,23,25,29)/t16-,28?/m0/s1. The highest BCUT2D eigenvalue weighted by atomic mass is 35.5. The van der Waals surface area contributed by atoms with E-state index in [1.807, 2.05) is 44.2 Å². The first-order chi connectivity index (χ1) is 13.7. The van der Waals surface area contributed by atoms with Crippen molar-refractivity contribution in [1.82, 2.24) is 15.9 Å². The molecule has 0 bridgehead atoms. The molecule has 2 aromatic carbocycles. The zero-order valence-corrected chi connectivity index (χ0v) is 18.3. The van der Waals surface area contributed by atoms with Gasteiger partial charge >= 0.3 is 7.75 Å². The molecule has 3 N–H and O–H groups in total. The first-order valence-corrected chi connectivity index (χ1v) is 11.1. The SMILES string of the molecule is CC1(C)COP(=O)(NC(=S)NNC(=O)c2ccc(Cl)cc2)O[C@H]1c1ccccc1. The Balaban J connectivity index is 1.61. The molecule has 29 heavy (non-hydrogen) atoms. The normalized spacial score (nSPS) is 23.1. The third-order valence-electron chi connectivity index (χ3n) is 4.30. The van der Waals surface area contributed by atoms with Crippen molar-refractivity contribution in [3.05, 3.63) is 70.7 Å². The van der Waals surface area contributed by atoms with E-state index in [0.717, 1.165) is 5.56 Å². The van der Waals surface area contributed by atoms with Crippen molar-refractivity contribution >= 4 is 42.6 Å². The van der Waals surface area contributed by atoms with Gasteiger partial charge in [-0.2, -0.15) is 0 Å². The van der Waals surface area contributed by atoms with Crippen LogP contribution >= 0.6 is 31.6 Å². The molecule has 0 radical (unpaired) electrons. The van der Waals surface area contributed by atoms with E-state index in [0.29, 0.717) is 10.6 Å². The fourth-order valence-electron chi connectivity index (χ4n) is 2.78. The summed E-state index contributed by atoms with van der Waals surface area (Å²) in [6, 6.07) is 15.8. The molecule has 1 amide bonds. The van der Waals surface area contributed by atoms with E-state index in [9.17, 15) is 9.36 Å². The molecule has 0 aliphatic carbocycles. The van der Waals surface area contributed by atoms with E-state index in [4.69, 9.17) is 32.9 Å². The average molecular weight is 454 g/mol. The van der Waals surface area contributed by atoms with Crippen LogP contribution in [0.4, 0.5) is 0 Å². The summed E-state index contributed by atoms with van der Waals surface area (Å²) in [5, 5.41) is 2.97. The number of nitrogens with one attached hydrogen (secondary N) is 3. The van der Waals surface area contributed by atoms with Crippen LogP contribution in [0.3, 0.4) is 0 Å². The summed E-state index contributed by atoms with van der Waals surface area (Å²) in [5.74, 6) is -0.433. The van der Waals surface area contributed by atoms with Gasteiger partial charge in [-0.1, -0.05) is 55.8 Å². The smallest absolute Gasteiger partial charge is 0.292 e. The third kappa shape index (κ3) is 5.56. The number of halogens is 1. The summed E-state index contributed by atoms with van der Waals surface area (Å²) in [6.45, 7) is 4.14. The van der Waals surface area contributed by atoms with Crippen LogP contribution in [0.5, 0.6) is 0 Å². The van der Waals surface area contributed by atoms with Crippen molar-refractivity contribution in [3.8, 4) is 0 Å². The molecule has 0 spiro atoms. The van der Waals surface area contributed by atoms with Gasteiger partial charge in [0.05, 0.1) is 6.61 Å². The number of thiocarbonyl (C=S) groups is 1. The quantitative estimate of drug-likeness (QED) is 0.361. The zero-order valence-electron chi connectivity index (χ0n) is 15.8. The molecule has 154 valence electrons. The van der Waals surface area contributed by atoms with Crippen LogP contribution in [0.1, 0.15) is 35.9 Å². The number of benzene rings is 2. The lowest BCUT2D eigenvalue weighted by Crippen LogP contribution is -2.47. The number of hydrazine groups is 1. The Labute approximate surface area is 179 Å². The molecular weight excluding hydrogens is 433 g/mol. The Bertz CT molecular complexity index is 940. The number of carbonyl (C=O) groups is 1. The van der Waals surface area contributed by atoms with Crippen LogP contribution in [0, 0.1) is 5.41 Å². The van der Waals surface area contributed by atoms with Crippen molar-refractivity contribution in [2.45, 2.75) is 20.0 Å². The Kier molecular flexibility index (Phi) is 6.61. The van der Waals surface area contributed by atoms with Gasteiger partial charge in [-0.05, 0) is 42.0 Å². The maximum absolute atomic E-state index is 13.1. The largest absolute Gasteiger partial charge is 0.435 e. The molecule has 7 nitrogen and oxygen atoms in total. The lowest BCUT2D eigenvalue weighted by Gasteiger charge is -2.41. The second-order valence-electron chi connectivity index (χ2n) is 7.18. The van der Waals surface area contributed by atoms with Crippen molar-refractivity contribution in [3.63, 3.8) is 0 Å². The lowest BCUT2D eigenvalue weighted by molar-refractivity contribution is -0.0285. The molecule has 3 rings (SSSR count). The summed E-state index contributed by atoms with van der Waals surface area (Å²) in [7, 11) is -3.73.